The molecule has 74 valence electrons. The van der Waals surface area contributed by atoms with Crippen molar-refractivity contribution in [3.05, 3.63) is 23.8 Å². The van der Waals surface area contributed by atoms with Crippen molar-refractivity contribution in [2.75, 3.05) is 0 Å². The molecule has 0 spiro atoms. The van der Waals surface area contributed by atoms with E-state index < -0.39 is 0 Å². The molecule has 0 saturated carbocycles. The van der Waals surface area contributed by atoms with Crippen molar-refractivity contribution in [1.29, 1.82) is 0 Å². The Morgan fingerprint density at radius 1 is 1.36 bits per heavy atom. The SMILES string of the molecule is CC(C)Cc1ccc2nnn(C)c2c1. The van der Waals surface area contributed by atoms with Crippen molar-refractivity contribution in [3.8, 4) is 0 Å². The molecule has 14 heavy (non-hydrogen) atoms. The minimum Gasteiger partial charge on any atom is -0.248 e. The summed E-state index contributed by atoms with van der Waals surface area (Å²) in [5.41, 5.74) is 3.45. The van der Waals surface area contributed by atoms with E-state index in [4.69, 9.17) is 0 Å². The predicted octanol–water partition coefficient (Wildman–Crippen LogP) is 2.17. The summed E-state index contributed by atoms with van der Waals surface area (Å²) in [6.07, 6.45) is 1.11. The minimum atomic E-state index is 0.689. The molecule has 3 heteroatoms. The van der Waals surface area contributed by atoms with E-state index in [1.54, 1.807) is 0 Å². The van der Waals surface area contributed by atoms with Gasteiger partial charge in [0, 0.05) is 7.05 Å². The summed E-state index contributed by atoms with van der Waals surface area (Å²) in [5, 5.41) is 8.03. The lowest BCUT2D eigenvalue weighted by molar-refractivity contribution is 0.647. The highest BCUT2D eigenvalue weighted by Gasteiger charge is 2.03. The van der Waals surface area contributed by atoms with Gasteiger partial charge in [-0.25, -0.2) is 4.68 Å². The first kappa shape index (κ1) is 9.19. The van der Waals surface area contributed by atoms with Crippen LogP contribution in [0.2, 0.25) is 0 Å². The van der Waals surface area contributed by atoms with Gasteiger partial charge >= 0.3 is 0 Å². The molecule has 0 radical (unpaired) electrons. The zero-order valence-electron chi connectivity index (χ0n) is 8.86. The second kappa shape index (κ2) is 3.40. The molecule has 2 aromatic rings. The summed E-state index contributed by atoms with van der Waals surface area (Å²) in [7, 11) is 1.93. The number of hydrogen-bond acceptors (Lipinski definition) is 2. The largest absolute Gasteiger partial charge is 0.248 e. The number of aryl methyl sites for hydroxylation is 1. The predicted molar refractivity (Wildman–Crippen MR) is 57.1 cm³/mol. The smallest absolute Gasteiger partial charge is 0.113 e. The van der Waals surface area contributed by atoms with Crippen LogP contribution in [0.5, 0.6) is 0 Å². The highest BCUT2D eigenvalue weighted by molar-refractivity contribution is 5.74. The molecule has 0 amide bonds. The van der Waals surface area contributed by atoms with E-state index in [0.717, 1.165) is 17.5 Å². The lowest BCUT2D eigenvalue weighted by Crippen LogP contribution is -1.95. The fourth-order valence-corrected chi connectivity index (χ4v) is 1.67. The zero-order valence-corrected chi connectivity index (χ0v) is 8.86. The Balaban J connectivity index is 2.44. The minimum absolute atomic E-state index is 0.689. The molecular weight excluding hydrogens is 174 g/mol. The van der Waals surface area contributed by atoms with Gasteiger partial charge in [-0.1, -0.05) is 25.1 Å². The van der Waals surface area contributed by atoms with Gasteiger partial charge < -0.3 is 0 Å². The Morgan fingerprint density at radius 3 is 2.86 bits per heavy atom. The lowest BCUT2D eigenvalue weighted by atomic mass is 10.0. The highest BCUT2D eigenvalue weighted by Crippen LogP contribution is 2.15. The lowest BCUT2D eigenvalue weighted by Gasteiger charge is -2.04. The monoisotopic (exact) mass is 189 g/mol. The average molecular weight is 189 g/mol. The fraction of sp³-hybridized carbons (Fsp3) is 0.455. The number of fused-ring (bicyclic) bond motifs is 1. The molecule has 1 aromatic heterocycles. The van der Waals surface area contributed by atoms with Gasteiger partial charge in [-0.05, 0) is 30.0 Å². The third-order valence-electron chi connectivity index (χ3n) is 2.32. The highest BCUT2D eigenvalue weighted by atomic mass is 15.4. The molecule has 0 atom stereocenters. The van der Waals surface area contributed by atoms with Crippen molar-refractivity contribution in [1.82, 2.24) is 15.0 Å². The Bertz CT molecular complexity index is 443. The Labute approximate surface area is 83.7 Å². The third kappa shape index (κ3) is 1.62. The van der Waals surface area contributed by atoms with Crippen LogP contribution in [0.1, 0.15) is 19.4 Å². The average Bonchev–Trinajstić information content (AvgIpc) is 2.47. The third-order valence-corrected chi connectivity index (χ3v) is 2.32. The summed E-state index contributed by atoms with van der Waals surface area (Å²) < 4.78 is 1.82. The number of benzene rings is 1. The quantitative estimate of drug-likeness (QED) is 0.724. The van der Waals surface area contributed by atoms with Gasteiger partial charge in [-0.3, -0.25) is 0 Å². The molecule has 0 aliphatic carbocycles. The van der Waals surface area contributed by atoms with Gasteiger partial charge in [-0.2, -0.15) is 0 Å². The summed E-state index contributed by atoms with van der Waals surface area (Å²) in [6, 6.07) is 6.35. The van der Waals surface area contributed by atoms with Crippen LogP contribution >= 0.6 is 0 Å². The van der Waals surface area contributed by atoms with E-state index >= 15 is 0 Å². The van der Waals surface area contributed by atoms with Crippen LogP contribution in [0.3, 0.4) is 0 Å². The molecule has 2 rings (SSSR count). The maximum atomic E-state index is 4.05. The van der Waals surface area contributed by atoms with Crippen LogP contribution in [0.4, 0.5) is 0 Å². The molecule has 3 nitrogen and oxygen atoms in total. The molecule has 0 unspecified atom stereocenters. The molecule has 0 N–H and O–H groups in total. The standard InChI is InChI=1S/C11H15N3/c1-8(2)6-9-4-5-10-11(7-9)14(3)13-12-10/h4-5,7-8H,6H2,1-3H3. The van der Waals surface area contributed by atoms with Crippen LogP contribution in [-0.4, -0.2) is 15.0 Å². The van der Waals surface area contributed by atoms with E-state index in [1.165, 1.54) is 5.56 Å². The molecule has 0 aliphatic heterocycles. The van der Waals surface area contributed by atoms with Crippen LogP contribution in [0.25, 0.3) is 11.0 Å². The van der Waals surface area contributed by atoms with E-state index in [-0.39, 0.29) is 0 Å². The van der Waals surface area contributed by atoms with Gasteiger partial charge in [0.15, 0.2) is 0 Å². The van der Waals surface area contributed by atoms with Gasteiger partial charge in [0.05, 0.1) is 5.52 Å². The molecule has 0 fully saturated rings. The number of hydrogen-bond donors (Lipinski definition) is 0. The molecule has 1 aromatic carbocycles. The Kier molecular flexibility index (Phi) is 2.23. The Hall–Kier alpha value is -1.38. The van der Waals surface area contributed by atoms with Gasteiger partial charge in [-0.15, -0.1) is 5.10 Å². The maximum Gasteiger partial charge on any atom is 0.113 e. The van der Waals surface area contributed by atoms with Gasteiger partial charge in [0.25, 0.3) is 0 Å². The molecule has 0 saturated heterocycles. The first-order valence-corrected chi connectivity index (χ1v) is 4.95. The second-order valence-corrected chi connectivity index (χ2v) is 4.13. The summed E-state index contributed by atoms with van der Waals surface area (Å²) in [6.45, 7) is 4.46. The second-order valence-electron chi connectivity index (χ2n) is 4.13. The Morgan fingerprint density at radius 2 is 2.14 bits per heavy atom. The summed E-state index contributed by atoms with van der Waals surface area (Å²) in [4.78, 5) is 0. The van der Waals surface area contributed by atoms with Crippen LogP contribution in [0, 0.1) is 5.92 Å². The number of nitrogens with zero attached hydrogens (tertiary/aromatic N) is 3. The zero-order chi connectivity index (χ0) is 10.1. The van der Waals surface area contributed by atoms with E-state index in [9.17, 15) is 0 Å². The molecule has 0 bridgehead atoms. The summed E-state index contributed by atoms with van der Waals surface area (Å²) in [5.74, 6) is 0.689. The van der Waals surface area contributed by atoms with Crippen LogP contribution in [-0.2, 0) is 13.5 Å². The molecular formula is C11H15N3. The van der Waals surface area contributed by atoms with Crippen molar-refractivity contribution in [2.45, 2.75) is 20.3 Å². The van der Waals surface area contributed by atoms with Crippen molar-refractivity contribution < 1.29 is 0 Å². The number of rotatable bonds is 2. The molecule has 1 heterocycles. The topological polar surface area (TPSA) is 30.7 Å². The van der Waals surface area contributed by atoms with Crippen molar-refractivity contribution in [3.63, 3.8) is 0 Å². The fourth-order valence-electron chi connectivity index (χ4n) is 1.67. The van der Waals surface area contributed by atoms with Crippen molar-refractivity contribution in [2.24, 2.45) is 13.0 Å². The first-order valence-electron chi connectivity index (χ1n) is 4.95. The van der Waals surface area contributed by atoms with Crippen LogP contribution < -0.4 is 0 Å². The van der Waals surface area contributed by atoms with E-state index in [2.05, 4.69) is 36.3 Å². The van der Waals surface area contributed by atoms with Gasteiger partial charge in [0.2, 0.25) is 0 Å². The van der Waals surface area contributed by atoms with Crippen LogP contribution in [0.15, 0.2) is 18.2 Å². The summed E-state index contributed by atoms with van der Waals surface area (Å²) >= 11 is 0. The molecule has 0 aliphatic rings. The van der Waals surface area contributed by atoms with E-state index in [1.807, 2.05) is 17.8 Å². The van der Waals surface area contributed by atoms with E-state index in [0.29, 0.717) is 5.92 Å². The first-order chi connectivity index (χ1) is 6.66. The normalized spacial score (nSPS) is 11.4. The maximum absolute atomic E-state index is 4.05. The number of aromatic nitrogens is 3. The van der Waals surface area contributed by atoms with Gasteiger partial charge in [0.1, 0.15) is 5.52 Å². The van der Waals surface area contributed by atoms with Crippen molar-refractivity contribution >= 4 is 11.0 Å².